The second kappa shape index (κ2) is 9.67. The zero-order chi connectivity index (χ0) is 17.2. The number of rotatable bonds is 6. The first kappa shape index (κ1) is 17.3. The fraction of sp³-hybridized carbons (Fsp3) is 0. The van der Waals surface area contributed by atoms with Crippen molar-refractivity contribution >= 4 is 32.9 Å². The van der Waals surface area contributed by atoms with Gasteiger partial charge in [-0.3, -0.25) is 0 Å². The average Bonchev–Trinajstić information content (AvgIpc) is 2.70. The van der Waals surface area contributed by atoms with Gasteiger partial charge in [-0.25, -0.2) is 0 Å². The van der Waals surface area contributed by atoms with Gasteiger partial charge in [0.1, 0.15) is 0 Å². The quantitative estimate of drug-likeness (QED) is 0.442. The Kier molecular flexibility index (Phi) is 6.68. The van der Waals surface area contributed by atoms with Crippen molar-refractivity contribution in [2.45, 2.75) is 0 Å². The van der Waals surface area contributed by atoms with E-state index in [-0.39, 0.29) is 0 Å². The standard InChI is InChI=1S/C24H21As/c1-4-10-22(11-5-1)16-19-25(20-17-23-12-6-2-7-13-23)21-18-24-14-8-3-9-15-24/h1-21H/b19-16+,20-17+,21-18+. The van der Waals surface area contributed by atoms with Crippen LogP contribution in [0.2, 0.25) is 0 Å². The Morgan fingerprint density at radius 1 is 0.400 bits per heavy atom. The predicted molar refractivity (Wildman–Crippen MR) is 112 cm³/mol. The molecule has 0 saturated carbocycles. The van der Waals surface area contributed by atoms with Crippen molar-refractivity contribution in [2.75, 3.05) is 0 Å². The zero-order valence-electron chi connectivity index (χ0n) is 14.1. The molecule has 0 unspecified atom stereocenters. The van der Waals surface area contributed by atoms with Gasteiger partial charge in [-0.05, 0) is 0 Å². The molecule has 0 fully saturated rings. The summed E-state index contributed by atoms with van der Waals surface area (Å²) in [6.07, 6.45) is 6.72. The van der Waals surface area contributed by atoms with E-state index in [1.807, 2.05) is 0 Å². The van der Waals surface area contributed by atoms with Gasteiger partial charge in [-0.1, -0.05) is 0 Å². The SMILES string of the molecule is C(=C\[As](/C=C/c1ccccc1)/C=C/c1ccccc1)/c1ccccc1. The minimum atomic E-state index is -1.36. The van der Waals surface area contributed by atoms with E-state index in [4.69, 9.17) is 0 Å². The molecule has 0 atom stereocenters. The molecule has 0 spiro atoms. The van der Waals surface area contributed by atoms with Gasteiger partial charge in [-0.15, -0.1) is 0 Å². The molecule has 0 nitrogen and oxygen atoms in total. The van der Waals surface area contributed by atoms with E-state index in [9.17, 15) is 0 Å². The van der Waals surface area contributed by atoms with Crippen molar-refractivity contribution in [1.29, 1.82) is 0 Å². The molecule has 25 heavy (non-hydrogen) atoms. The third kappa shape index (κ3) is 6.10. The van der Waals surface area contributed by atoms with Crippen LogP contribution in [0.3, 0.4) is 0 Å². The molecule has 0 aliphatic carbocycles. The van der Waals surface area contributed by atoms with Gasteiger partial charge in [0.25, 0.3) is 0 Å². The molecule has 1 heteroatoms. The molecule has 0 amide bonds. The third-order valence-corrected chi connectivity index (χ3v) is 6.82. The summed E-state index contributed by atoms with van der Waals surface area (Å²) in [5.74, 6) is 0. The average molecular weight is 384 g/mol. The fourth-order valence-electron chi connectivity index (χ4n) is 2.36. The Morgan fingerprint density at radius 2 is 0.680 bits per heavy atom. The van der Waals surface area contributed by atoms with Crippen LogP contribution in [-0.4, -0.2) is 14.7 Å². The predicted octanol–water partition coefficient (Wildman–Crippen LogP) is 6.24. The first-order valence-corrected chi connectivity index (χ1v) is 11.6. The molecule has 3 aromatic carbocycles. The molecule has 3 aromatic rings. The van der Waals surface area contributed by atoms with Crippen LogP contribution in [0.25, 0.3) is 18.2 Å². The summed E-state index contributed by atoms with van der Waals surface area (Å²) in [6, 6.07) is 31.5. The van der Waals surface area contributed by atoms with Crippen LogP contribution in [0.15, 0.2) is 106 Å². The van der Waals surface area contributed by atoms with Gasteiger partial charge in [0.05, 0.1) is 0 Å². The summed E-state index contributed by atoms with van der Waals surface area (Å²) in [5, 5.41) is 0. The Morgan fingerprint density at radius 3 is 0.960 bits per heavy atom. The van der Waals surface area contributed by atoms with Crippen molar-refractivity contribution < 1.29 is 0 Å². The van der Waals surface area contributed by atoms with Crippen LogP contribution in [0.4, 0.5) is 0 Å². The van der Waals surface area contributed by atoms with Gasteiger partial charge >= 0.3 is 155 Å². The van der Waals surface area contributed by atoms with Gasteiger partial charge in [0.15, 0.2) is 0 Å². The van der Waals surface area contributed by atoms with Crippen molar-refractivity contribution in [3.8, 4) is 0 Å². The van der Waals surface area contributed by atoms with E-state index in [0.29, 0.717) is 0 Å². The van der Waals surface area contributed by atoms with Gasteiger partial charge in [0.2, 0.25) is 0 Å². The first-order chi connectivity index (χ1) is 12.4. The van der Waals surface area contributed by atoms with Crippen LogP contribution in [-0.2, 0) is 0 Å². The Bertz CT molecular complexity index is 713. The van der Waals surface area contributed by atoms with Gasteiger partial charge < -0.3 is 0 Å². The van der Waals surface area contributed by atoms with Crippen LogP contribution in [0.1, 0.15) is 16.7 Å². The molecular formula is C24H21As. The van der Waals surface area contributed by atoms with Crippen LogP contribution >= 0.6 is 0 Å². The minimum absolute atomic E-state index is 1.25. The van der Waals surface area contributed by atoms with E-state index in [0.717, 1.165) is 0 Å². The van der Waals surface area contributed by atoms with E-state index < -0.39 is 14.7 Å². The molecule has 0 radical (unpaired) electrons. The molecule has 0 aliphatic heterocycles. The Hall–Kier alpha value is -2.56. The number of benzene rings is 3. The second-order valence-electron chi connectivity index (χ2n) is 5.63. The molecule has 0 N–H and O–H groups in total. The summed E-state index contributed by atoms with van der Waals surface area (Å²) >= 11 is -1.36. The van der Waals surface area contributed by atoms with Crippen LogP contribution in [0.5, 0.6) is 0 Å². The summed E-state index contributed by atoms with van der Waals surface area (Å²) in [6.45, 7) is 0. The zero-order valence-corrected chi connectivity index (χ0v) is 15.9. The second-order valence-corrected chi connectivity index (χ2v) is 9.38. The molecule has 0 saturated heterocycles. The summed E-state index contributed by atoms with van der Waals surface area (Å²) in [7, 11) is 0. The fourth-order valence-corrected chi connectivity index (χ4v) is 5.15. The Balaban J connectivity index is 1.79. The monoisotopic (exact) mass is 384 g/mol. The molecule has 3 rings (SSSR count). The van der Waals surface area contributed by atoms with Crippen LogP contribution < -0.4 is 0 Å². The van der Waals surface area contributed by atoms with Crippen molar-refractivity contribution in [3.63, 3.8) is 0 Å². The van der Waals surface area contributed by atoms with Crippen molar-refractivity contribution in [3.05, 3.63) is 122 Å². The topological polar surface area (TPSA) is 0 Å². The van der Waals surface area contributed by atoms with E-state index in [2.05, 4.69) is 124 Å². The maximum atomic E-state index is 2.38. The normalized spacial score (nSPS) is 11.9. The molecule has 122 valence electrons. The number of hydrogen-bond acceptors (Lipinski definition) is 0. The van der Waals surface area contributed by atoms with Crippen LogP contribution in [0, 0.1) is 0 Å². The van der Waals surface area contributed by atoms with Crippen molar-refractivity contribution in [2.24, 2.45) is 0 Å². The first-order valence-electron chi connectivity index (χ1n) is 8.37. The Labute approximate surface area is 155 Å². The summed E-state index contributed by atoms with van der Waals surface area (Å²) in [4.78, 5) is 7.13. The van der Waals surface area contributed by atoms with Crippen molar-refractivity contribution in [1.82, 2.24) is 0 Å². The molecular weight excluding hydrogens is 363 g/mol. The van der Waals surface area contributed by atoms with E-state index in [1.54, 1.807) is 0 Å². The summed E-state index contributed by atoms with van der Waals surface area (Å²) in [5.41, 5.74) is 3.76. The molecule has 0 aliphatic rings. The number of hydrogen-bond donors (Lipinski definition) is 0. The molecule has 0 heterocycles. The molecule has 0 bridgehead atoms. The van der Waals surface area contributed by atoms with Gasteiger partial charge in [-0.2, -0.15) is 0 Å². The van der Waals surface area contributed by atoms with E-state index in [1.165, 1.54) is 16.7 Å². The maximum absolute atomic E-state index is 2.38. The molecule has 0 aromatic heterocycles. The van der Waals surface area contributed by atoms with Gasteiger partial charge in [0, 0.05) is 0 Å². The summed E-state index contributed by atoms with van der Waals surface area (Å²) < 4.78 is 0. The van der Waals surface area contributed by atoms with E-state index >= 15 is 0 Å². The third-order valence-electron chi connectivity index (χ3n) is 3.72.